The van der Waals surface area contributed by atoms with Crippen LogP contribution < -0.4 is 5.32 Å². The van der Waals surface area contributed by atoms with Crippen LogP contribution in [0.5, 0.6) is 0 Å². The molecule has 1 aliphatic rings. The van der Waals surface area contributed by atoms with E-state index in [-0.39, 0.29) is 12.1 Å². The summed E-state index contributed by atoms with van der Waals surface area (Å²) in [5, 5.41) is 4.32. The van der Waals surface area contributed by atoms with Gasteiger partial charge in [-0.25, -0.2) is 0 Å². The molecule has 2 atom stereocenters. The van der Waals surface area contributed by atoms with Gasteiger partial charge >= 0.3 is 0 Å². The summed E-state index contributed by atoms with van der Waals surface area (Å²) in [5.74, 6) is 0. The molecule has 3 heterocycles. The first-order chi connectivity index (χ1) is 13.5. The van der Waals surface area contributed by atoms with Crippen molar-refractivity contribution in [1.29, 1.82) is 0 Å². The maximum absolute atomic E-state index is 5.73. The molecule has 3 aromatic rings. The molecule has 5 heteroatoms. The molecule has 0 unspecified atom stereocenters. The number of pyridine rings is 1. The maximum atomic E-state index is 5.73. The highest BCUT2D eigenvalue weighted by atomic mass is 32.1. The van der Waals surface area contributed by atoms with Gasteiger partial charge in [-0.15, -0.1) is 0 Å². The van der Waals surface area contributed by atoms with Crippen molar-refractivity contribution < 1.29 is 0 Å². The van der Waals surface area contributed by atoms with Crippen LogP contribution in [0.4, 0.5) is 0 Å². The van der Waals surface area contributed by atoms with Crippen LogP contribution in [0.15, 0.2) is 60.8 Å². The van der Waals surface area contributed by atoms with Gasteiger partial charge in [0.1, 0.15) is 0 Å². The van der Waals surface area contributed by atoms with E-state index in [0.29, 0.717) is 6.04 Å². The van der Waals surface area contributed by atoms with Gasteiger partial charge in [0, 0.05) is 29.3 Å². The molecule has 0 radical (unpaired) electrons. The summed E-state index contributed by atoms with van der Waals surface area (Å²) in [5.41, 5.74) is 5.95. The van der Waals surface area contributed by atoms with E-state index >= 15 is 0 Å². The largest absolute Gasteiger partial charge is 0.352 e. The molecule has 144 valence electrons. The summed E-state index contributed by atoms with van der Waals surface area (Å²) in [6.07, 6.45) is 1.85. The Hall–Kier alpha value is -2.66. The SMILES string of the molecule is Cc1cc([C@@H]2[C@@H](c3ccccn3)NC(=S)N2C(C)C)c(C)n1-c1ccccc1. The third-order valence-corrected chi connectivity index (χ3v) is 5.82. The van der Waals surface area contributed by atoms with Gasteiger partial charge in [0.15, 0.2) is 5.11 Å². The molecule has 4 nitrogen and oxygen atoms in total. The fourth-order valence-corrected chi connectivity index (χ4v) is 4.77. The molecule has 0 spiro atoms. The van der Waals surface area contributed by atoms with E-state index in [1.807, 2.05) is 18.3 Å². The highest BCUT2D eigenvalue weighted by Gasteiger charge is 2.42. The van der Waals surface area contributed by atoms with Crippen molar-refractivity contribution in [3.05, 3.63) is 83.4 Å². The second-order valence-corrected chi connectivity index (χ2v) is 8.01. The van der Waals surface area contributed by atoms with Crippen LogP contribution in [0, 0.1) is 13.8 Å². The Balaban J connectivity index is 1.86. The third kappa shape index (κ3) is 3.10. The molecule has 1 N–H and O–H groups in total. The minimum atomic E-state index is 0.0285. The summed E-state index contributed by atoms with van der Waals surface area (Å²) in [4.78, 5) is 6.94. The molecular weight excluding hydrogens is 364 g/mol. The number of thiocarbonyl (C=S) groups is 1. The van der Waals surface area contributed by atoms with Crippen LogP contribution in [-0.2, 0) is 0 Å². The van der Waals surface area contributed by atoms with E-state index in [9.17, 15) is 0 Å². The zero-order chi connectivity index (χ0) is 19.8. The molecule has 1 fully saturated rings. The second-order valence-electron chi connectivity index (χ2n) is 7.63. The number of aromatic nitrogens is 2. The van der Waals surface area contributed by atoms with Gasteiger partial charge < -0.3 is 14.8 Å². The average molecular weight is 391 g/mol. The Morgan fingerprint density at radius 2 is 1.75 bits per heavy atom. The topological polar surface area (TPSA) is 33.1 Å². The third-order valence-electron chi connectivity index (χ3n) is 5.49. The second kappa shape index (κ2) is 7.40. The van der Waals surface area contributed by atoms with E-state index in [1.54, 1.807) is 0 Å². The Morgan fingerprint density at radius 1 is 1.04 bits per heavy atom. The molecule has 0 aliphatic carbocycles. The van der Waals surface area contributed by atoms with Gasteiger partial charge in [0.05, 0.1) is 17.8 Å². The predicted octanol–water partition coefficient (Wildman–Crippen LogP) is 4.87. The van der Waals surface area contributed by atoms with E-state index in [4.69, 9.17) is 12.2 Å². The van der Waals surface area contributed by atoms with Crippen molar-refractivity contribution in [2.45, 2.75) is 45.8 Å². The highest BCUT2D eigenvalue weighted by molar-refractivity contribution is 7.80. The Kier molecular flexibility index (Phi) is 4.94. The van der Waals surface area contributed by atoms with Crippen molar-refractivity contribution in [2.24, 2.45) is 0 Å². The molecule has 0 bridgehead atoms. The van der Waals surface area contributed by atoms with Gasteiger partial charge in [-0.3, -0.25) is 4.98 Å². The monoisotopic (exact) mass is 390 g/mol. The summed E-state index contributed by atoms with van der Waals surface area (Å²) in [7, 11) is 0. The lowest BCUT2D eigenvalue weighted by atomic mass is 9.96. The van der Waals surface area contributed by atoms with Gasteiger partial charge in [0.2, 0.25) is 0 Å². The molecule has 0 saturated carbocycles. The Morgan fingerprint density at radius 3 is 2.39 bits per heavy atom. The standard InChI is InChI=1S/C23H26N4S/c1-15(2)26-22(21(25-23(26)28)20-12-8-9-13-24-20)19-14-16(3)27(17(19)4)18-10-6-5-7-11-18/h5-15,21-22H,1-4H3,(H,25,28)/t21-,22-/m1/s1. The smallest absolute Gasteiger partial charge is 0.170 e. The lowest BCUT2D eigenvalue weighted by molar-refractivity contribution is 0.269. The van der Waals surface area contributed by atoms with E-state index in [2.05, 4.69) is 89.9 Å². The minimum absolute atomic E-state index is 0.0285. The van der Waals surface area contributed by atoms with Crippen molar-refractivity contribution in [1.82, 2.24) is 19.8 Å². The van der Waals surface area contributed by atoms with Crippen molar-refractivity contribution >= 4 is 17.3 Å². The number of nitrogens with one attached hydrogen (secondary N) is 1. The minimum Gasteiger partial charge on any atom is -0.352 e. The Labute approximate surface area is 172 Å². The van der Waals surface area contributed by atoms with Crippen LogP contribution >= 0.6 is 12.2 Å². The molecule has 0 amide bonds. The molecule has 1 aliphatic heterocycles. The number of benzene rings is 1. The summed E-state index contributed by atoms with van der Waals surface area (Å²) >= 11 is 5.73. The number of hydrogen-bond acceptors (Lipinski definition) is 2. The fourth-order valence-electron chi connectivity index (χ4n) is 4.32. The van der Waals surface area contributed by atoms with Crippen molar-refractivity contribution in [3.8, 4) is 5.69 Å². The molecule has 28 heavy (non-hydrogen) atoms. The van der Waals surface area contributed by atoms with Gasteiger partial charge in [-0.1, -0.05) is 24.3 Å². The van der Waals surface area contributed by atoms with Crippen molar-refractivity contribution in [3.63, 3.8) is 0 Å². The number of aryl methyl sites for hydroxylation is 1. The first-order valence-electron chi connectivity index (χ1n) is 9.73. The fraction of sp³-hybridized carbons (Fsp3) is 0.304. The van der Waals surface area contributed by atoms with E-state index in [0.717, 1.165) is 10.8 Å². The van der Waals surface area contributed by atoms with Gasteiger partial charge in [-0.05, 0) is 75.8 Å². The predicted molar refractivity (Wildman–Crippen MR) is 118 cm³/mol. The normalized spacial score (nSPS) is 19.3. The summed E-state index contributed by atoms with van der Waals surface area (Å²) in [6.45, 7) is 8.75. The number of rotatable bonds is 4. The first kappa shape index (κ1) is 18.7. The van der Waals surface area contributed by atoms with Gasteiger partial charge in [0.25, 0.3) is 0 Å². The highest BCUT2D eigenvalue weighted by Crippen LogP contribution is 2.42. The zero-order valence-corrected chi connectivity index (χ0v) is 17.6. The van der Waals surface area contributed by atoms with Crippen LogP contribution in [0.3, 0.4) is 0 Å². The molecular formula is C23H26N4S. The number of para-hydroxylation sites is 1. The zero-order valence-electron chi connectivity index (χ0n) is 16.8. The van der Waals surface area contributed by atoms with Crippen LogP contribution in [0.2, 0.25) is 0 Å². The summed E-state index contributed by atoms with van der Waals surface area (Å²) in [6, 6.07) is 19.3. The van der Waals surface area contributed by atoms with E-state index in [1.165, 1.54) is 22.6 Å². The number of nitrogens with zero attached hydrogens (tertiary/aromatic N) is 3. The molecule has 2 aromatic heterocycles. The lowest BCUT2D eigenvalue weighted by Crippen LogP contribution is -2.35. The summed E-state index contributed by atoms with van der Waals surface area (Å²) < 4.78 is 2.32. The first-order valence-corrected chi connectivity index (χ1v) is 10.1. The maximum Gasteiger partial charge on any atom is 0.170 e. The van der Waals surface area contributed by atoms with E-state index < -0.39 is 0 Å². The average Bonchev–Trinajstić information content (AvgIpc) is 3.19. The lowest BCUT2D eigenvalue weighted by Gasteiger charge is -2.31. The van der Waals surface area contributed by atoms with Crippen LogP contribution in [0.25, 0.3) is 5.69 Å². The van der Waals surface area contributed by atoms with Crippen molar-refractivity contribution in [2.75, 3.05) is 0 Å². The van der Waals surface area contributed by atoms with Crippen LogP contribution in [0.1, 0.15) is 48.6 Å². The van der Waals surface area contributed by atoms with Gasteiger partial charge in [-0.2, -0.15) is 0 Å². The number of hydrogen-bond donors (Lipinski definition) is 1. The molecule has 1 aromatic carbocycles. The molecule has 4 rings (SSSR count). The quantitative estimate of drug-likeness (QED) is 0.644. The Bertz CT molecular complexity index is 979. The van der Waals surface area contributed by atoms with Crippen LogP contribution in [-0.4, -0.2) is 25.6 Å². The molecule has 1 saturated heterocycles.